The van der Waals surface area contributed by atoms with Crippen LogP contribution in [0, 0.1) is 11.8 Å². The van der Waals surface area contributed by atoms with Crippen LogP contribution >= 0.6 is 0 Å². The molecule has 6 nitrogen and oxygen atoms in total. The Kier molecular flexibility index (Phi) is 5.51. The van der Waals surface area contributed by atoms with E-state index in [1.165, 1.54) is 7.11 Å². The Hall–Kier alpha value is -2.63. The smallest absolute Gasteiger partial charge is 0.337 e. The van der Waals surface area contributed by atoms with E-state index in [-0.39, 0.29) is 17.7 Å². The molecule has 2 atom stereocenters. The number of esters is 1. The van der Waals surface area contributed by atoms with Gasteiger partial charge in [0, 0.05) is 12.7 Å². The molecule has 0 aromatic heterocycles. The summed E-state index contributed by atoms with van der Waals surface area (Å²) in [4.78, 5) is 35.8. The van der Waals surface area contributed by atoms with Crippen LogP contribution in [0.15, 0.2) is 36.4 Å². The first-order valence-electron chi connectivity index (χ1n) is 7.42. The van der Waals surface area contributed by atoms with Gasteiger partial charge in [-0.2, -0.15) is 0 Å². The van der Waals surface area contributed by atoms with E-state index < -0.39 is 11.9 Å². The van der Waals surface area contributed by atoms with Crippen molar-refractivity contribution in [1.29, 1.82) is 0 Å². The van der Waals surface area contributed by atoms with Crippen LogP contribution < -0.4 is 10.6 Å². The summed E-state index contributed by atoms with van der Waals surface area (Å²) in [6.07, 6.45) is 4.93. The van der Waals surface area contributed by atoms with Gasteiger partial charge in [-0.05, 0) is 37.1 Å². The van der Waals surface area contributed by atoms with Crippen LogP contribution in [0.1, 0.15) is 23.2 Å². The lowest BCUT2D eigenvalue weighted by Crippen LogP contribution is -2.39. The number of allylic oxidation sites excluding steroid dienone is 2. The van der Waals surface area contributed by atoms with E-state index >= 15 is 0 Å². The highest BCUT2D eigenvalue weighted by molar-refractivity contribution is 5.97. The summed E-state index contributed by atoms with van der Waals surface area (Å²) in [5.41, 5.74) is 0.988. The molecule has 0 radical (unpaired) electrons. The van der Waals surface area contributed by atoms with Gasteiger partial charge < -0.3 is 15.4 Å². The maximum Gasteiger partial charge on any atom is 0.337 e. The molecule has 0 saturated heterocycles. The topological polar surface area (TPSA) is 84.5 Å². The van der Waals surface area contributed by atoms with Gasteiger partial charge in [-0.25, -0.2) is 4.79 Å². The molecular formula is C17H20N2O4. The Bertz CT molecular complexity index is 622. The molecule has 2 amide bonds. The molecule has 0 heterocycles. The lowest BCUT2D eigenvalue weighted by Gasteiger charge is -2.26. The summed E-state index contributed by atoms with van der Waals surface area (Å²) in [5, 5.41) is 5.41. The predicted octanol–water partition coefficient (Wildman–Crippen LogP) is 1.74. The summed E-state index contributed by atoms with van der Waals surface area (Å²) in [7, 11) is 2.88. The van der Waals surface area contributed by atoms with Crippen molar-refractivity contribution in [2.75, 3.05) is 19.5 Å². The number of methoxy groups -OCH3 is 1. The van der Waals surface area contributed by atoms with Gasteiger partial charge in [0.1, 0.15) is 0 Å². The largest absolute Gasteiger partial charge is 0.465 e. The molecule has 23 heavy (non-hydrogen) atoms. The minimum atomic E-state index is -0.431. The second-order valence-corrected chi connectivity index (χ2v) is 5.33. The average molecular weight is 316 g/mol. The van der Waals surface area contributed by atoms with Crippen molar-refractivity contribution in [3.05, 3.63) is 42.0 Å². The van der Waals surface area contributed by atoms with Crippen LogP contribution in [0.3, 0.4) is 0 Å². The molecule has 2 N–H and O–H groups in total. The zero-order valence-electron chi connectivity index (χ0n) is 13.2. The Morgan fingerprint density at radius 3 is 2.09 bits per heavy atom. The van der Waals surface area contributed by atoms with Crippen LogP contribution in [-0.4, -0.2) is 31.9 Å². The van der Waals surface area contributed by atoms with Crippen molar-refractivity contribution < 1.29 is 19.1 Å². The number of hydrogen-bond donors (Lipinski definition) is 2. The molecule has 6 heteroatoms. The number of carbonyl (C=O) groups excluding carboxylic acids is 3. The van der Waals surface area contributed by atoms with Gasteiger partial charge in [-0.15, -0.1) is 0 Å². The monoisotopic (exact) mass is 316 g/mol. The fourth-order valence-electron chi connectivity index (χ4n) is 2.62. The highest BCUT2D eigenvalue weighted by Gasteiger charge is 2.33. The van der Waals surface area contributed by atoms with E-state index in [2.05, 4.69) is 15.4 Å². The molecule has 122 valence electrons. The fraction of sp³-hybridized carbons (Fsp3) is 0.353. The maximum atomic E-state index is 12.5. The van der Waals surface area contributed by atoms with Crippen LogP contribution in [0.25, 0.3) is 0 Å². The average Bonchev–Trinajstić information content (AvgIpc) is 2.61. The maximum absolute atomic E-state index is 12.5. The van der Waals surface area contributed by atoms with Crippen molar-refractivity contribution in [1.82, 2.24) is 5.32 Å². The molecular weight excluding hydrogens is 296 g/mol. The summed E-state index contributed by atoms with van der Waals surface area (Å²) in [6.45, 7) is 0. The first-order chi connectivity index (χ1) is 11.1. The predicted molar refractivity (Wildman–Crippen MR) is 85.8 cm³/mol. The minimum Gasteiger partial charge on any atom is -0.465 e. The van der Waals surface area contributed by atoms with E-state index in [0.717, 1.165) is 0 Å². The molecule has 1 aromatic rings. The molecule has 1 aliphatic carbocycles. The molecule has 2 rings (SSSR count). The number of carbonyl (C=O) groups is 3. The lowest BCUT2D eigenvalue weighted by molar-refractivity contribution is -0.132. The summed E-state index contributed by atoms with van der Waals surface area (Å²) < 4.78 is 4.63. The summed E-state index contributed by atoms with van der Waals surface area (Å²) >= 11 is 0. The number of amides is 2. The first kappa shape index (κ1) is 16.7. The highest BCUT2D eigenvalue weighted by Crippen LogP contribution is 2.27. The summed E-state index contributed by atoms with van der Waals surface area (Å²) in [5.74, 6) is -1.52. The molecule has 0 aliphatic heterocycles. The van der Waals surface area contributed by atoms with Crippen LogP contribution in [0.5, 0.6) is 0 Å². The molecule has 1 aliphatic rings. The van der Waals surface area contributed by atoms with Gasteiger partial charge in [-0.1, -0.05) is 12.2 Å². The van der Waals surface area contributed by atoms with Gasteiger partial charge in [0.2, 0.25) is 11.8 Å². The third-order valence-corrected chi connectivity index (χ3v) is 3.93. The number of rotatable bonds is 4. The number of benzene rings is 1. The molecule has 0 fully saturated rings. The van der Waals surface area contributed by atoms with E-state index in [9.17, 15) is 14.4 Å². The number of nitrogens with one attached hydrogen (secondary N) is 2. The highest BCUT2D eigenvalue weighted by atomic mass is 16.5. The zero-order chi connectivity index (χ0) is 16.8. The molecule has 0 spiro atoms. The SMILES string of the molecule is CNC(=O)C1CC=CCC1C(=O)Nc1ccc(C(=O)OC)cc1. The molecule has 0 bridgehead atoms. The quantitative estimate of drug-likeness (QED) is 0.654. The first-order valence-corrected chi connectivity index (χ1v) is 7.42. The Balaban J connectivity index is 2.07. The van der Waals surface area contributed by atoms with E-state index in [0.29, 0.717) is 24.1 Å². The normalized spacial score (nSPS) is 19.7. The van der Waals surface area contributed by atoms with Gasteiger partial charge in [0.05, 0.1) is 24.5 Å². The number of hydrogen-bond acceptors (Lipinski definition) is 4. The lowest BCUT2D eigenvalue weighted by atomic mass is 9.81. The third-order valence-electron chi connectivity index (χ3n) is 3.93. The zero-order valence-corrected chi connectivity index (χ0v) is 13.2. The van der Waals surface area contributed by atoms with Crippen molar-refractivity contribution in [2.45, 2.75) is 12.8 Å². The standard InChI is InChI=1S/C17H20N2O4/c1-18-15(20)13-5-3-4-6-14(13)16(21)19-12-9-7-11(8-10-12)17(22)23-2/h3-4,7-10,13-14H,5-6H2,1-2H3,(H,18,20)(H,19,21). The van der Waals surface area contributed by atoms with Gasteiger partial charge >= 0.3 is 5.97 Å². The molecule has 1 aromatic carbocycles. The second-order valence-electron chi connectivity index (χ2n) is 5.33. The van der Waals surface area contributed by atoms with Crippen molar-refractivity contribution in [3.63, 3.8) is 0 Å². The van der Waals surface area contributed by atoms with Gasteiger partial charge in [-0.3, -0.25) is 9.59 Å². The Morgan fingerprint density at radius 1 is 1.00 bits per heavy atom. The van der Waals surface area contributed by atoms with Gasteiger partial charge in [0.25, 0.3) is 0 Å². The van der Waals surface area contributed by atoms with Crippen molar-refractivity contribution in [3.8, 4) is 0 Å². The summed E-state index contributed by atoms with van der Waals surface area (Å²) in [6, 6.07) is 6.44. The van der Waals surface area contributed by atoms with E-state index in [1.807, 2.05) is 12.2 Å². The Morgan fingerprint density at radius 2 is 1.57 bits per heavy atom. The van der Waals surface area contributed by atoms with E-state index in [4.69, 9.17) is 0 Å². The van der Waals surface area contributed by atoms with Crippen LogP contribution in [0.4, 0.5) is 5.69 Å². The number of ether oxygens (including phenoxy) is 1. The van der Waals surface area contributed by atoms with Crippen LogP contribution in [0.2, 0.25) is 0 Å². The van der Waals surface area contributed by atoms with E-state index in [1.54, 1.807) is 31.3 Å². The fourth-order valence-corrected chi connectivity index (χ4v) is 2.62. The third kappa shape index (κ3) is 3.97. The molecule has 0 saturated carbocycles. The molecule has 2 unspecified atom stereocenters. The van der Waals surface area contributed by atoms with Gasteiger partial charge in [0.15, 0.2) is 0 Å². The number of anilines is 1. The van der Waals surface area contributed by atoms with Crippen LogP contribution in [-0.2, 0) is 14.3 Å². The van der Waals surface area contributed by atoms with Crippen molar-refractivity contribution in [2.24, 2.45) is 11.8 Å². The minimum absolute atomic E-state index is 0.129. The Labute approximate surface area is 134 Å². The van der Waals surface area contributed by atoms with Crippen molar-refractivity contribution >= 4 is 23.5 Å². The second kappa shape index (κ2) is 7.58.